The van der Waals surface area contributed by atoms with Crippen LogP contribution in [0.5, 0.6) is 0 Å². The van der Waals surface area contributed by atoms with Gasteiger partial charge in [-0.15, -0.1) is 0 Å². The first-order chi connectivity index (χ1) is 8.34. The molecule has 0 aromatic carbocycles. The van der Waals surface area contributed by atoms with Crippen LogP contribution in [0.1, 0.15) is 12.8 Å². The molecule has 104 valence electrons. The lowest BCUT2D eigenvalue weighted by Gasteiger charge is -2.13. The summed E-state index contributed by atoms with van der Waals surface area (Å²) in [6.07, 6.45) is 1.83. The smallest absolute Gasteiger partial charge is 0.320 e. The highest BCUT2D eigenvalue weighted by molar-refractivity contribution is 5.73. The van der Waals surface area contributed by atoms with Gasteiger partial charge in [-0.25, -0.2) is 0 Å². The first-order valence-corrected chi connectivity index (χ1v) is 5.42. The Morgan fingerprint density at radius 2 is 1.67 bits per heavy atom. The predicted molar refractivity (Wildman–Crippen MR) is 61.4 cm³/mol. The van der Waals surface area contributed by atoms with Crippen molar-refractivity contribution in [2.24, 2.45) is 0 Å². The third kappa shape index (κ3) is 7.58. The van der Waals surface area contributed by atoms with Gasteiger partial charge in [0.1, 0.15) is 6.04 Å². The fraction of sp³-hybridized carbons (Fsp3) is 0.700. The SMILES string of the molecule is CN1CCC[C@H]1C(=O)O.O=C(O)CNCC(=O)O. The number of rotatable bonds is 5. The van der Waals surface area contributed by atoms with Crippen LogP contribution in [0, 0.1) is 0 Å². The third-order valence-electron chi connectivity index (χ3n) is 2.36. The molecule has 1 fully saturated rings. The van der Waals surface area contributed by atoms with Gasteiger partial charge in [-0.3, -0.25) is 24.6 Å². The van der Waals surface area contributed by atoms with Gasteiger partial charge < -0.3 is 15.3 Å². The van der Waals surface area contributed by atoms with Crippen molar-refractivity contribution in [1.82, 2.24) is 10.2 Å². The second kappa shape index (κ2) is 8.43. The number of likely N-dealkylation sites (tertiary alicyclic amines) is 1. The number of likely N-dealkylation sites (N-methyl/N-ethyl adjacent to an activating group) is 1. The van der Waals surface area contributed by atoms with Gasteiger partial charge >= 0.3 is 17.9 Å². The van der Waals surface area contributed by atoms with Crippen molar-refractivity contribution < 1.29 is 29.7 Å². The van der Waals surface area contributed by atoms with E-state index < -0.39 is 17.9 Å². The van der Waals surface area contributed by atoms with Gasteiger partial charge in [-0.2, -0.15) is 0 Å². The molecule has 1 aliphatic heterocycles. The van der Waals surface area contributed by atoms with Crippen LogP contribution in [0.25, 0.3) is 0 Å². The van der Waals surface area contributed by atoms with Crippen LogP contribution in [-0.2, 0) is 14.4 Å². The minimum Gasteiger partial charge on any atom is -0.480 e. The van der Waals surface area contributed by atoms with Crippen molar-refractivity contribution in [3.63, 3.8) is 0 Å². The topological polar surface area (TPSA) is 127 Å². The molecule has 8 nitrogen and oxygen atoms in total. The van der Waals surface area contributed by atoms with Gasteiger partial charge in [0.2, 0.25) is 0 Å². The van der Waals surface area contributed by atoms with Gasteiger partial charge in [0.15, 0.2) is 0 Å². The first kappa shape index (κ1) is 16.3. The molecule has 0 saturated carbocycles. The van der Waals surface area contributed by atoms with Crippen molar-refractivity contribution in [2.45, 2.75) is 18.9 Å². The van der Waals surface area contributed by atoms with Crippen molar-refractivity contribution in [1.29, 1.82) is 0 Å². The maximum absolute atomic E-state index is 10.4. The fourth-order valence-corrected chi connectivity index (χ4v) is 1.50. The predicted octanol–water partition coefficient (Wildman–Crippen LogP) is -1.09. The van der Waals surface area contributed by atoms with Crippen LogP contribution in [0.4, 0.5) is 0 Å². The van der Waals surface area contributed by atoms with Crippen LogP contribution >= 0.6 is 0 Å². The summed E-state index contributed by atoms with van der Waals surface area (Å²) < 4.78 is 0. The quantitative estimate of drug-likeness (QED) is 0.492. The Bertz CT molecular complexity index is 293. The molecule has 1 rings (SSSR count). The molecule has 1 atom stereocenters. The molecule has 1 aliphatic rings. The minimum absolute atomic E-state index is 0.218. The van der Waals surface area contributed by atoms with Crippen LogP contribution in [-0.4, -0.2) is 70.9 Å². The Morgan fingerprint density at radius 1 is 1.17 bits per heavy atom. The second-order valence-corrected chi connectivity index (χ2v) is 3.87. The summed E-state index contributed by atoms with van der Waals surface area (Å²) in [5.41, 5.74) is 0. The zero-order valence-corrected chi connectivity index (χ0v) is 10.1. The van der Waals surface area contributed by atoms with E-state index in [1.807, 2.05) is 11.9 Å². The largest absolute Gasteiger partial charge is 0.480 e. The molecule has 0 bridgehead atoms. The first-order valence-electron chi connectivity index (χ1n) is 5.42. The minimum atomic E-state index is -1.06. The van der Waals surface area contributed by atoms with Gasteiger partial charge in [0.05, 0.1) is 13.1 Å². The average molecular weight is 262 g/mol. The molecule has 0 aromatic rings. The number of hydrogen-bond donors (Lipinski definition) is 4. The van der Waals surface area contributed by atoms with Gasteiger partial charge in [0, 0.05) is 0 Å². The summed E-state index contributed by atoms with van der Waals surface area (Å²) in [6.45, 7) is 0.301. The number of carboxylic acids is 3. The fourth-order valence-electron chi connectivity index (χ4n) is 1.50. The molecule has 1 saturated heterocycles. The summed E-state index contributed by atoms with van der Waals surface area (Å²) >= 11 is 0. The monoisotopic (exact) mass is 262 g/mol. The van der Waals surface area contributed by atoms with Gasteiger partial charge in [-0.05, 0) is 26.4 Å². The van der Waals surface area contributed by atoms with Crippen LogP contribution < -0.4 is 5.32 Å². The highest BCUT2D eigenvalue weighted by Gasteiger charge is 2.26. The van der Waals surface area contributed by atoms with E-state index in [-0.39, 0.29) is 19.1 Å². The van der Waals surface area contributed by atoms with E-state index in [4.69, 9.17) is 15.3 Å². The highest BCUT2D eigenvalue weighted by Crippen LogP contribution is 2.13. The van der Waals surface area contributed by atoms with E-state index in [0.717, 1.165) is 19.4 Å². The third-order valence-corrected chi connectivity index (χ3v) is 2.36. The Labute approximate surface area is 104 Å². The maximum Gasteiger partial charge on any atom is 0.320 e. The molecule has 0 aliphatic carbocycles. The van der Waals surface area contributed by atoms with Crippen molar-refractivity contribution in [3.05, 3.63) is 0 Å². The summed E-state index contributed by atoms with van der Waals surface area (Å²) in [4.78, 5) is 31.7. The molecule has 0 radical (unpaired) electrons. The highest BCUT2D eigenvalue weighted by atomic mass is 16.4. The zero-order chi connectivity index (χ0) is 14.1. The molecule has 0 amide bonds. The Morgan fingerprint density at radius 3 is 1.89 bits per heavy atom. The normalized spacial score (nSPS) is 18.8. The van der Waals surface area contributed by atoms with E-state index >= 15 is 0 Å². The van der Waals surface area contributed by atoms with E-state index in [1.165, 1.54) is 0 Å². The number of nitrogens with zero attached hydrogens (tertiary/aromatic N) is 1. The van der Waals surface area contributed by atoms with Crippen LogP contribution in [0.15, 0.2) is 0 Å². The molecular weight excluding hydrogens is 244 g/mol. The van der Waals surface area contributed by atoms with Gasteiger partial charge in [-0.1, -0.05) is 0 Å². The summed E-state index contributed by atoms with van der Waals surface area (Å²) in [5.74, 6) is -2.80. The van der Waals surface area contributed by atoms with Crippen molar-refractivity contribution in [3.8, 4) is 0 Å². The average Bonchev–Trinajstić information content (AvgIpc) is 2.64. The van der Waals surface area contributed by atoms with Crippen molar-refractivity contribution in [2.75, 3.05) is 26.7 Å². The van der Waals surface area contributed by atoms with Crippen LogP contribution in [0.2, 0.25) is 0 Å². The van der Waals surface area contributed by atoms with Gasteiger partial charge in [0.25, 0.3) is 0 Å². The molecular formula is C10H18N2O6. The lowest BCUT2D eigenvalue weighted by Crippen LogP contribution is -2.32. The molecule has 0 aromatic heterocycles. The van der Waals surface area contributed by atoms with Crippen LogP contribution in [0.3, 0.4) is 0 Å². The summed E-state index contributed by atoms with van der Waals surface area (Å²) in [6, 6.07) is -0.218. The summed E-state index contributed by atoms with van der Waals surface area (Å²) in [7, 11) is 1.85. The summed E-state index contributed by atoms with van der Waals surface area (Å²) in [5, 5.41) is 26.7. The molecule has 0 unspecified atom stereocenters. The van der Waals surface area contributed by atoms with E-state index in [1.54, 1.807) is 0 Å². The Balaban J connectivity index is 0.000000321. The molecule has 18 heavy (non-hydrogen) atoms. The standard InChI is InChI=1S/C6H11NO2.C4H7NO4/c1-7-4-2-3-5(7)6(8)9;6-3(7)1-5-2-4(8)9/h5H,2-4H2,1H3,(H,8,9);5H,1-2H2,(H,6,7)(H,8,9)/t5-;/m0./s1. The number of nitrogens with one attached hydrogen (secondary N) is 1. The second-order valence-electron chi connectivity index (χ2n) is 3.87. The zero-order valence-electron chi connectivity index (χ0n) is 10.1. The Kier molecular flexibility index (Phi) is 7.64. The number of carbonyl (C=O) groups is 3. The molecule has 1 heterocycles. The molecule has 4 N–H and O–H groups in total. The Hall–Kier alpha value is -1.67. The van der Waals surface area contributed by atoms with E-state index in [2.05, 4.69) is 5.32 Å². The number of hydrogen-bond acceptors (Lipinski definition) is 5. The van der Waals surface area contributed by atoms with E-state index in [0.29, 0.717) is 0 Å². The lowest BCUT2D eigenvalue weighted by molar-refractivity contribution is -0.142. The number of carboxylic acid groups (broad SMARTS) is 3. The lowest BCUT2D eigenvalue weighted by atomic mass is 10.2. The molecule has 8 heteroatoms. The van der Waals surface area contributed by atoms with E-state index in [9.17, 15) is 14.4 Å². The maximum atomic E-state index is 10.4. The van der Waals surface area contributed by atoms with Crippen molar-refractivity contribution >= 4 is 17.9 Å². The molecule has 0 spiro atoms. The number of aliphatic carboxylic acids is 3.